The molecule has 0 spiro atoms. The number of nitrogens with zero attached hydrogens (tertiary/aromatic N) is 1. The van der Waals surface area contributed by atoms with E-state index < -0.39 is 26.2 Å². The lowest BCUT2D eigenvalue weighted by molar-refractivity contribution is -0.139. The number of aromatic nitrogens is 1. The Morgan fingerprint density at radius 1 is 1.39 bits per heavy atom. The summed E-state index contributed by atoms with van der Waals surface area (Å²) >= 11 is 0. The number of carbonyl (C=O) groups is 2. The molecule has 0 saturated carbocycles. The average molecular weight is 338 g/mol. The van der Waals surface area contributed by atoms with Gasteiger partial charge in [-0.25, -0.2) is 4.79 Å². The van der Waals surface area contributed by atoms with Gasteiger partial charge in [-0.15, -0.1) is 0 Å². The summed E-state index contributed by atoms with van der Waals surface area (Å²) < 4.78 is 5.97. The first-order chi connectivity index (χ1) is 10.5. The highest BCUT2D eigenvalue weighted by molar-refractivity contribution is 6.74. The normalized spacial score (nSPS) is 13.4. The Labute approximate surface area is 138 Å². The molecule has 0 aromatic carbocycles. The number of hydrogen-bond acceptors (Lipinski definition) is 4. The second kappa shape index (κ2) is 7.70. The highest BCUT2D eigenvalue weighted by Gasteiger charge is 2.37. The van der Waals surface area contributed by atoms with E-state index in [0.717, 1.165) is 0 Å². The van der Waals surface area contributed by atoms with E-state index in [1.54, 1.807) is 18.3 Å². The highest BCUT2D eigenvalue weighted by atomic mass is 28.4. The van der Waals surface area contributed by atoms with Crippen LogP contribution in [0.3, 0.4) is 0 Å². The summed E-state index contributed by atoms with van der Waals surface area (Å²) in [7, 11) is -1.93. The number of hydrogen-bond donors (Lipinski definition) is 2. The van der Waals surface area contributed by atoms with Crippen molar-refractivity contribution in [1.82, 2.24) is 10.3 Å². The second-order valence-electron chi connectivity index (χ2n) is 7.00. The van der Waals surface area contributed by atoms with Gasteiger partial charge >= 0.3 is 5.97 Å². The predicted molar refractivity (Wildman–Crippen MR) is 90.9 cm³/mol. The quantitative estimate of drug-likeness (QED) is 0.746. The Balaban J connectivity index is 2.60. The van der Waals surface area contributed by atoms with Gasteiger partial charge in [-0.1, -0.05) is 20.8 Å². The predicted octanol–water partition coefficient (Wildman–Crippen LogP) is 2.68. The molecule has 0 aliphatic rings. The topological polar surface area (TPSA) is 88.5 Å². The molecule has 128 valence electrons. The number of pyridine rings is 1. The third kappa shape index (κ3) is 5.76. The maximum atomic E-state index is 12.0. The molecule has 1 rings (SSSR count). The van der Waals surface area contributed by atoms with Crippen molar-refractivity contribution in [2.24, 2.45) is 0 Å². The Morgan fingerprint density at radius 3 is 2.52 bits per heavy atom. The second-order valence-corrected chi connectivity index (χ2v) is 11.8. The van der Waals surface area contributed by atoms with Crippen LogP contribution in [-0.2, 0) is 9.22 Å². The van der Waals surface area contributed by atoms with E-state index in [-0.39, 0.29) is 11.5 Å². The molecule has 0 bridgehead atoms. The van der Waals surface area contributed by atoms with Crippen molar-refractivity contribution >= 4 is 20.2 Å². The van der Waals surface area contributed by atoms with Crippen LogP contribution in [0.5, 0.6) is 0 Å². The van der Waals surface area contributed by atoms with E-state index in [0.29, 0.717) is 12.2 Å². The van der Waals surface area contributed by atoms with Crippen LogP contribution in [0.15, 0.2) is 24.5 Å². The molecule has 1 aromatic rings. The minimum absolute atomic E-state index is 0.0602. The molecule has 1 aromatic heterocycles. The Kier molecular flexibility index (Phi) is 6.46. The summed E-state index contributed by atoms with van der Waals surface area (Å²) in [5.74, 6) is -1.51. The SMILES string of the molecule is CC(C)(C)[Si](C)(C)OCC[C@H](NC(=O)c1cccnc1)C(=O)O. The van der Waals surface area contributed by atoms with Gasteiger partial charge in [0.25, 0.3) is 5.91 Å². The van der Waals surface area contributed by atoms with Crippen LogP contribution in [0, 0.1) is 0 Å². The van der Waals surface area contributed by atoms with Gasteiger partial charge in [0.05, 0.1) is 5.56 Å². The van der Waals surface area contributed by atoms with Crippen molar-refractivity contribution in [2.45, 2.75) is 51.4 Å². The van der Waals surface area contributed by atoms with Crippen molar-refractivity contribution in [2.75, 3.05) is 6.61 Å². The first-order valence-corrected chi connectivity index (χ1v) is 10.5. The molecule has 1 heterocycles. The molecule has 1 amide bonds. The maximum Gasteiger partial charge on any atom is 0.326 e. The molecular weight excluding hydrogens is 312 g/mol. The molecule has 0 aliphatic carbocycles. The number of carboxylic acid groups (broad SMARTS) is 1. The molecule has 7 heteroatoms. The fraction of sp³-hybridized carbons (Fsp3) is 0.562. The van der Waals surface area contributed by atoms with Gasteiger partial charge in [-0.2, -0.15) is 0 Å². The molecule has 1 atom stereocenters. The standard InChI is InChI=1S/C16H26N2O4Si/c1-16(2,3)23(4,5)22-10-8-13(15(20)21)18-14(19)12-7-6-9-17-11-12/h6-7,9,11,13H,8,10H2,1-5H3,(H,18,19)(H,20,21)/t13-/m0/s1. The summed E-state index contributed by atoms with van der Waals surface area (Å²) in [6.07, 6.45) is 3.19. The van der Waals surface area contributed by atoms with E-state index in [1.807, 2.05) is 0 Å². The van der Waals surface area contributed by atoms with Gasteiger partial charge in [0, 0.05) is 25.4 Å². The molecule has 0 aliphatic heterocycles. The first kappa shape index (κ1) is 19.3. The lowest BCUT2D eigenvalue weighted by atomic mass is 10.2. The van der Waals surface area contributed by atoms with Crippen molar-refractivity contribution in [3.63, 3.8) is 0 Å². The lowest BCUT2D eigenvalue weighted by Gasteiger charge is -2.36. The van der Waals surface area contributed by atoms with E-state index in [1.165, 1.54) is 6.20 Å². The fourth-order valence-corrected chi connectivity index (χ4v) is 2.71. The van der Waals surface area contributed by atoms with Crippen molar-refractivity contribution < 1.29 is 19.1 Å². The van der Waals surface area contributed by atoms with Gasteiger partial charge in [0.1, 0.15) is 6.04 Å². The van der Waals surface area contributed by atoms with Crippen molar-refractivity contribution in [1.29, 1.82) is 0 Å². The zero-order valence-corrected chi connectivity index (χ0v) is 15.4. The summed E-state index contributed by atoms with van der Waals surface area (Å²) in [6, 6.07) is 2.24. The molecule has 0 unspecified atom stereocenters. The molecule has 2 N–H and O–H groups in total. The van der Waals surface area contributed by atoms with Crippen molar-refractivity contribution in [3.05, 3.63) is 30.1 Å². The maximum absolute atomic E-state index is 12.0. The number of aliphatic carboxylic acids is 1. The summed E-state index contributed by atoms with van der Waals surface area (Å²) in [5.41, 5.74) is 0.337. The lowest BCUT2D eigenvalue weighted by Crippen LogP contribution is -2.44. The van der Waals surface area contributed by atoms with E-state index in [2.05, 4.69) is 44.2 Å². The first-order valence-electron chi connectivity index (χ1n) is 7.62. The molecular formula is C16H26N2O4Si. The average Bonchev–Trinajstić information content (AvgIpc) is 2.45. The van der Waals surface area contributed by atoms with Gasteiger partial charge in [0.2, 0.25) is 0 Å². The third-order valence-electron chi connectivity index (χ3n) is 4.20. The summed E-state index contributed by atoms with van der Waals surface area (Å²) in [4.78, 5) is 27.2. The smallest absolute Gasteiger partial charge is 0.326 e. The zero-order valence-electron chi connectivity index (χ0n) is 14.4. The van der Waals surface area contributed by atoms with Crippen LogP contribution in [-0.4, -0.2) is 42.9 Å². The molecule has 23 heavy (non-hydrogen) atoms. The molecule has 0 saturated heterocycles. The number of amides is 1. The Hall–Kier alpha value is -1.73. The van der Waals surface area contributed by atoms with Crippen LogP contribution in [0.25, 0.3) is 0 Å². The number of carboxylic acids is 1. The van der Waals surface area contributed by atoms with Crippen LogP contribution >= 0.6 is 0 Å². The summed E-state index contributed by atoms with van der Waals surface area (Å²) in [6.45, 7) is 10.9. The summed E-state index contributed by atoms with van der Waals surface area (Å²) in [5, 5.41) is 11.9. The number of nitrogens with one attached hydrogen (secondary N) is 1. The fourth-order valence-electron chi connectivity index (χ4n) is 1.64. The monoisotopic (exact) mass is 338 g/mol. The van der Waals surface area contributed by atoms with Gasteiger partial charge in [0.15, 0.2) is 8.32 Å². The van der Waals surface area contributed by atoms with Crippen LogP contribution in [0.4, 0.5) is 0 Å². The number of carbonyl (C=O) groups excluding carboxylic acids is 1. The zero-order chi connectivity index (χ0) is 17.7. The molecule has 0 fully saturated rings. The highest BCUT2D eigenvalue weighted by Crippen LogP contribution is 2.36. The van der Waals surface area contributed by atoms with E-state index in [4.69, 9.17) is 4.43 Å². The minimum atomic E-state index is -1.93. The van der Waals surface area contributed by atoms with Crippen LogP contribution in [0.1, 0.15) is 37.6 Å². The van der Waals surface area contributed by atoms with Gasteiger partial charge < -0.3 is 14.8 Å². The van der Waals surface area contributed by atoms with Crippen molar-refractivity contribution in [3.8, 4) is 0 Å². The minimum Gasteiger partial charge on any atom is -0.480 e. The molecule has 0 radical (unpaired) electrons. The largest absolute Gasteiger partial charge is 0.480 e. The van der Waals surface area contributed by atoms with Gasteiger partial charge in [-0.3, -0.25) is 9.78 Å². The Bertz CT molecular complexity index is 541. The number of rotatable bonds is 7. The van der Waals surface area contributed by atoms with Crippen LogP contribution < -0.4 is 5.32 Å². The molecule has 6 nitrogen and oxygen atoms in total. The van der Waals surface area contributed by atoms with Gasteiger partial charge in [-0.05, 0) is 30.3 Å². The van der Waals surface area contributed by atoms with E-state index in [9.17, 15) is 14.7 Å². The van der Waals surface area contributed by atoms with E-state index >= 15 is 0 Å². The van der Waals surface area contributed by atoms with Crippen LogP contribution in [0.2, 0.25) is 18.1 Å². The Morgan fingerprint density at radius 2 is 2.04 bits per heavy atom. The third-order valence-corrected chi connectivity index (χ3v) is 8.74.